The maximum absolute atomic E-state index is 14.9. The molecule has 3 heterocycles. The van der Waals surface area contributed by atoms with Gasteiger partial charge in [-0.05, 0) is 6.42 Å². The zero-order valence-corrected chi connectivity index (χ0v) is 14.6. The summed E-state index contributed by atoms with van der Waals surface area (Å²) in [6.07, 6.45) is 5.07. The molecule has 2 aromatic rings. The number of terminal acetylenes is 1. The van der Waals surface area contributed by atoms with E-state index in [1.54, 1.807) is 0 Å². The van der Waals surface area contributed by atoms with Crippen molar-refractivity contribution in [3.05, 3.63) is 12.7 Å². The number of halogens is 1. The molecule has 150 valence electrons. The third kappa shape index (κ3) is 3.31. The summed E-state index contributed by atoms with van der Waals surface area (Å²) in [4.78, 5) is 22.6. The number of amides is 1. The number of aromatic nitrogens is 4. The maximum atomic E-state index is 14.9. The predicted molar refractivity (Wildman–Crippen MR) is 93.6 cm³/mol. The van der Waals surface area contributed by atoms with Gasteiger partial charge in [-0.15, -0.1) is 6.42 Å². The number of alkyl halides is 1. The summed E-state index contributed by atoms with van der Waals surface area (Å²) < 4.78 is 21.9. The summed E-state index contributed by atoms with van der Waals surface area (Å²) in [7, 11) is 0. The molecule has 1 unspecified atom stereocenters. The van der Waals surface area contributed by atoms with E-state index in [-0.39, 0.29) is 23.6 Å². The first-order chi connectivity index (χ1) is 13.2. The SMILES string of the molecule is C#C[C@]1(O)[C@@H](CC(F)(CO)CNC(=O)O)CO[C@H]1n1cnc2c(N)ncnc21. The van der Waals surface area contributed by atoms with Crippen LogP contribution in [0.4, 0.5) is 15.0 Å². The van der Waals surface area contributed by atoms with Gasteiger partial charge >= 0.3 is 6.09 Å². The number of anilines is 1. The Morgan fingerprint density at radius 3 is 2.96 bits per heavy atom. The van der Waals surface area contributed by atoms with Crippen LogP contribution in [0.1, 0.15) is 12.6 Å². The summed E-state index contributed by atoms with van der Waals surface area (Å²) in [5.41, 5.74) is 2.00. The lowest BCUT2D eigenvalue weighted by Gasteiger charge is -2.32. The summed E-state index contributed by atoms with van der Waals surface area (Å²) in [5, 5.41) is 31.0. The number of hydrogen-bond acceptors (Lipinski definition) is 8. The molecule has 0 aliphatic carbocycles. The highest BCUT2D eigenvalue weighted by Gasteiger charge is 2.53. The van der Waals surface area contributed by atoms with Crippen LogP contribution in [-0.2, 0) is 4.74 Å². The van der Waals surface area contributed by atoms with Crippen LogP contribution in [0.25, 0.3) is 11.2 Å². The summed E-state index contributed by atoms with van der Waals surface area (Å²) >= 11 is 0. The second-order valence-corrected chi connectivity index (χ2v) is 6.61. The Hall–Kier alpha value is -3.01. The number of fused-ring (bicyclic) bond motifs is 1. The van der Waals surface area contributed by atoms with Crippen molar-refractivity contribution >= 4 is 23.1 Å². The molecule has 1 amide bonds. The minimum absolute atomic E-state index is 0.130. The van der Waals surface area contributed by atoms with Crippen molar-refractivity contribution < 1.29 is 29.2 Å². The first-order valence-corrected chi connectivity index (χ1v) is 8.25. The van der Waals surface area contributed by atoms with E-state index in [0.717, 1.165) is 0 Å². The lowest BCUT2D eigenvalue weighted by molar-refractivity contribution is -0.0574. The van der Waals surface area contributed by atoms with E-state index in [0.29, 0.717) is 0 Å². The average Bonchev–Trinajstić information content (AvgIpc) is 3.23. The van der Waals surface area contributed by atoms with Crippen LogP contribution in [-0.4, -0.2) is 72.0 Å². The molecule has 12 heteroatoms. The molecule has 3 rings (SSSR count). The van der Waals surface area contributed by atoms with Gasteiger partial charge in [0.1, 0.15) is 11.8 Å². The number of aliphatic hydroxyl groups excluding tert-OH is 1. The second-order valence-electron chi connectivity index (χ2n) is 6.61. The highest BCUT2D eigenvalue weighted by Crippen LogP contribution is 2.43. The fourth-order valence-electron chi connectivity index (χ4n) is 3.27. The number of nitrogens with two attached hydrogens (primary N) is 1. The number of ether oxygens (including phenoxy) is 1. The standard InChI is InChI=1S/C16H19FN6O5/c1-2-16(27)9(3-15(17,6-24)5-19-14(25)26)4-28-13(16)23-8-22-10-11(18)20-7-21-12(10)23/h1,7-9,13,19,24,27H,3-6H2,(H,25,26)(H2,18,20,21)/t9-,13+,15?,16-/m0/s1. The van der Waals surface area contributed by atoms with Crippen LogP contribution < -0.4 is 11.1 Å². The van der Waals surface area contributed by atoms with Gasteiger partial charge in [-0.3, -0.25) is 4.57 Å². The van der Waals surface area contributed by atoms with Gasteiger partial charge in [-0.2, -0.15) is 0 Å². The molecule has 0 radical (unpaired) electrons. The number of hydrogen-bond donors (Lipinski definition) is 5. The van der Waals surface area contributed by atoms with E-state index in [1.165, 1.54) is 17.2 Å². The molecule has 11 nitrogen and oxygen atoms in total. The van der Waals surface area contributed by atoms with E-state index in [2.05, 4.69) is 20.9 Å². The van der Waals surface area contributed by atoms with Gasteiger partial charge in [0.05, 0.1) is 26.1 Å². The summed E-state index contributed by atoms with van der Waals surface area (Å²) in [5.74, 6) is 1.43. The van der Waals surface area contributed by atoms with Crippen molar-refractivity contribution in [3.63, 3.8) is 0 Å². The minimum Gasteiger partial charge on any atom is -0.465 e. The number of carboxylic acid groups (broad SMARTS) is 1. The minimum atomic E-state index is -2.34. The smallest absolute Gasteiger partial charge is 0.404 e. The van der Waals surface area contributed by atoms with Crippen LogP contribution in [0, 0.1) is 18.3 Å². The van der Waals surface area contributed by atoms with Crippen LogP contribution in [0.3, 0.4) is 0 Å². The predicted octanol–water partition coefficient (Wildman–Crippen LogP) is -0.724. The fraction of sp³-hybridized carbons (Fsp3) is 0.500. The molecule has 0 spiro atoms. The molecule has 1 fully saturated rings. The normalized spacial score (nSPS) is 26.6. The Morgan fingerprint density at radius 1 is 1.57 bits per heavy atom. The van der Waals surface area contributed by atoms with E-state index in [4.69, 9.17) is 22.0 Å². The van der Waals surface area contributed by atoms with Gasteiger partial charge in [0.15, 0.2) is 29.0 Å². The summed E-state index contributed by atoms with van der Waals surface area (Å²) in [6.45, 7) is -1.77. The molecule has 6 N–H and O–H groups in total. The third-order valence-corrected chi connectivity index (χ3v) is 4.78. The second kappa shape index (κ2) is 7.19. The highest BCUT2D eigenvalue weighted by molar-refractivity contribution is 5.81. The van der Waals surface area contributed by atoms with Crippen molar-refractivity contribution in [2.45, 2.75) is 23.9 Å². The Kier molecular flexibility index (Phi) is 5.07. The quantitative estimate of drug-likeness (QED) is 0.397. The number of imidazole rings is 1. The van der Waals surface area contributed by atoms with Crippen LogP contribution >= 0.6 is 0 Å². The molecule has 1 saturated heterocycles. The van der Waals surface area contributed by atoms with Crippen molar-refractivity contribution in [3.8, 4) is 12.3 Å². The molecule has 0 bridgehead atoms. The van der Waals surface area contributed by atoms with Gasteiger partial charge < -0.3 is 31.1 Å². The van der Waals surface area contributed by atoms with Crippen molar-refractivity contribution in [1.82, 2.24) is 24.8 Å². The summed E-state index contributed by atoms with van der Waals surface area (Å²) in [6, 6.07) is 0. The Bertz CT molecular complexity index is 932. The van der Waals surface area contributed by atoms with E-state index in [9.17, 15) is 19.4 Å². The molecule has 28 heavy (non-hydrogen) atoms. The number of rotatable bonds is 6. The number of nitrogen functional groups attached to an aromatic ring is 1. The average molecular weight is 394 g/mol. The first kappa shape index (κ1) is 19.7. The molecule has 4 atom stereocenters. The molecule has 1 aliphatic heterocycles. The van der Waals surface area contributed by atoms with Crippen LogP contribution in [0.5, 0.6) is 0 Å². The van der Waals surface area contributed by atoms with Gasteiger partial charge in [0, 0.05) is 5.92 Å². The van der Waals surface area contributed by atoms with Crippen LogP contribution in [0.15, 0.2) is 12.7 Å². The monoisotopic (exact) mass is 394 g/mol. The zero-order valence-electron chi connectivity index (χ0n) is 14.6. The number of nitrogens with one attached hydrogen (secondary N) is 1. The number of aliphatic hydroxyl groups is 2. The largest absolute Gasteiger partial charge is 0.465 e. The zero-order chi connectivity index (χ0) is 20.5. The van der Waals surface area contributed by atoms with Crippen LogP contribution in [0.2, 0.25) is 0 Å². The Balaban J connectivity index is 1.90. The molecule has 0 saturated carbocycles. The van der Waals surface area contributed by atoms with Crippen molar-refractivity contribution in [2.24, 2.45) is 5.92 Å². The topological polar surface area (TPSA) is 169 Å². The van der Waals surface area contributed by atoms with E-state index in [1.807, 2.05) is 5.32 Å². The highest BCUT2D eigenvalue weighted by atomic mass is 19.1. The molecule has 2 aromatic heterocycles. The van der Waals surface area contributed by atoms with Crippen molar-refractivity contribution in [2.75, 3.05) is 25.5 Å². The lowest BCUT2D eigenvalue weighted by atomic mass is 9.81. The lowest BCUT2D eigenvalue weighted by Crippen LogP contribution is -2.48. The van der Waals surface area contributed by atoms with E-state index >= 15 is 0 Å². The molecular weight excluding hydrogens is 375 g/mol. The molecule has 0 aromatic carbocycles. The Morgan fingerprint density at radius 2 is 2.32 bits per heavy atom. The van der Waals surface area contributed by atoms with Gasteiger partial charge in [0.2, 0.25) is 0 Å². The first-order valence-electron chi connectivity index (χ1n) is 8.25. The number of carbonyl (C=O) groups is 1. The van der Waals surface area contributed by atoms with Gasteiger partial charge in [-0.1, -0.05) is 5.92 Å². The van der Waals surface area contributed by atoms with Gasteiger partial charge in [0.25, 0.3) is 0 Å². The third-order valence-electron chi connectivity index (χ3n) is 4.78. The van der Waals surface area contributed by atoms with Crippen molar-refractivity contribution in [1.29, 1.82) is 0 Å². The number of nitrogens with zero attached hydrogens (tertiary/aromatic N) is 4. The van der Waals surface area contributed by atoms with E-state index < -0.39 is 49.1 Å². The molecule has 1 aliphatic rings. The fourth-order valence-corrected chi connectivity index (χ4v) is 3.27. The van der Waals surface area contributed by atoms with Gasteiger partial charge in [-0.25, -0.2) is 24.1 Å². The Labute approximate surface area is 158 Å². The molecular formula is C16H19FN6O5. The maximum Gasteiger partial charge on any atom is 0.404 e.